The van der Waals surface area contributed by atoms with Gasteiger partial charge in [-0.2, -0.15) is 0 Å². The highest BCUT2D eigenvalue weighted by molar-refractivity contribution is 5.87. The molecule has 2 rings (SSSR count). The van der Waals surface area contributed by atoms with Gasteiger partial charge in [0, 0.05) is 26.3 Å². The molecule has 0 saturated carbocycles. The second kappa shape index (κ2) is 15.4. The number of fused-ring (bicyclic) bond motifs is 1. The van der Waals surface area contributed by atoms with Crippen LogP contribution in [0.2, 0.25) is 0 Å². The number of carbonyl (C=O) groups excluding carboxylic acids is 2. The van der Waals surface area contributed by atoms with Crippen LogP contribution in [0.5, 0.6) is 11.5 Å². The maximum absolute atomic E-state index is 13.4. The highest BCUT2D eigenvalue weighted by Crippen LogP contribution is 2.34. The Morgan fingerprint density at radius 3 is 2.29 bits per heavy atom. The molecule has 3 amide bonds. The Bertz CT molecular complexity index is 750. The van der Waals surface area contributed by atoms with Crippen LogP contribution in [0.15, 0.2) is 18.2 Å². The molecule has 0 fully saturated rings. The van der Waals surface area contributed by atoms with Gasteiger partial charge in [0.25, 0.3) is 0 Å². The van der Waals surface area contributed by atoms with Gasteiger partial charge in [0.2, 0.25) is 12.7 Å². The van der Waals surface area contributed by atoms with Crippen LogP contribution in [0.4, 0.5) is 4.79 Å². The molecule has 1 aliphatic heterocycles. The Morgan fingerprint density at radius 1 is 1.00 bits per heavy atom. The summed E-state index contributed by atoms with van der Waals surface area (Å²) in [5.74, 6) is 1.26. The fraction of sp³-hybridized carbons (Fsp3) is 0.680. The van der Waals surface area contributed by atoms with Gasteiger partial charge in [-0.25, -0.2) is 4.79 Å². The number of hydrogen-bond donors (Lipinski definition) is 2. The van der Waals surface area contributed by atoms with Crippen molar-refractivity contribution in [3.8, 4) is 11.5 Å². The number of benzene rings is 1. The molecule has 9 heteroatoms. The number of unbranched alkanes of at least 4 members (excludes halogenated alkanes) is 1. The van der Waals surface area contributed by atoms with E-state index in [9.17, 15) is 9.59 Å². The molecule has 0 aliphatic carbocycles. The third kappa shape index (κ3) is 8.68. The molecule has 34 heavy (non-hydrogen) atoms. The first-order valence-corrected chi connectivity index (χ1v) is 12.4. The maximum atomic E-state index is 13.4. The Balaban J connectivity index is 2.04. The van der Waals surface area contributed by atoms with Gasteiger partial charge in [0.15, 0.2) is 11.5 Å². The lowest BCUT2D eigenvalue weighted by atomic mass is 10.0. The molecule has 192 valence electrons. The predicted molar refractivity (Wildman–Crippen MR) is 130 cm³/mol. The van der Waals surface area contributed by atoms with Crippen LogP contribution < -0.4 is 20.1 Å². The van der Waals surface area contributed by atoms with Gasteiger partial charge in [0.1, 0.15) is 6.04 Å². The van der Waals surface area contributed by atoms with E-state index in [1.54, 1.807) is 4.90 Å². The molecule has 2 atom stereocenters. The molecular weight excluding hydrogens is 438 g/mol. The van der Waals surface area contributed by atoms with Crippen LogP contribution in [-0.2, 0) is 14.3 Å². The lowest BCUT2D eigenvalue weighted by Gasteiger charge is -2.28. The van der Waals surface area contributed by atoms with Crippen LogP contribution in [-0.4, -0.2) is 69.2 Å². The summed E-state index contributed by atoms with van der Waals surface area (Å²) in [5.41, 5.74) is 0.924. The number of rotatable bonds is 16. The van der Waals surface area contributed by atoms with E-state index >= 15 is 0 Å². The van der Waals surface area contributed by atoms with Gasteiger partial charge < -0.3 is 34.5 Å². The first-order chi connectivity index (χ1) is 16.5. The quantitative estimate of drug-likeness (QED) is 0.352. The summed E-state index contributed by atoms with van der Waals surface area (Å²) in [5, 5.41) is 5.93. The van der Waals surface area contributed by atoms with E-state index in [2.05, 4.69) is 17.6 Å². The average molecular weight is 480 g/mol. The third-order valence-electron chi connectivity index (χ3n) is 5.69. The van der Waals surface area contributed by atoms with E-state index in [4.69, 9.17) is 18.9 Å². The van der Waals surface area contributed by atoms with Crippen LogP contribution in [0.3, 0.4) is 0 Å². The standard InChI is InChI=1S/C25H41N3O6/c1-5-9-10-21(24(29)28(13-15-31-7-3)14-16-32-8-4)27-25(30)26-20(6-2)19-11-12-22-23(17-19)34-18-33-22/h11-12,17,20-21H,5-10,13-16,18H2,1-4H3,(H2,26,27,30)/t20-,21-/m0/s1. The van der Waals surface area contributed by atoms with Gasteiger partial charge >= 0.3 is 6.03 Å². The van der Waals surface area contributed by atoms with Crippen molar-refractivity contribution >= 4 is 11.9 Å². The van der Waals surface area contributed by atoms with E-state index in [0.717, 1.165) is 18.4 Å². The zero-order valence-corrected chi connectivity index (χ0v) is 21.1. The van der Waals surface area contributed by atoms with Crippen molar-refractivity contribution in [1.82, 2.24) is 15.5 Å². The topological polar surface area (TPSA) is 98.4 Å². The van der Waals surface area contributed by atoms with Crippen LogP contribution in [0.1, 0.15) is 65.0 Å². The predicted octanol–water partition coefficient (Wildman–Crippen LogP) is 3.63. The van der Waals surface area contributed by atoms with Crippen molar-refractivity contribution in [2.45, 2.75) is 65.5 Å². The normalized spacial score (nSPS) is 13.9. The molecule has 1 aliphatic rings. The number of nitrogens with one attached hydrogen (secondary N) is 2. The molecule has 9 nitrogen and oxygen atoms in total. The minimum atomic E-state index is -0.613. The SMILES string of the molecule is CCCC[C@H](NC(=O)N[C@@H](CC)c1ccc2c(c1)OCO2)C(=O)N(CCOCC)CCOCC. The van der Waals surface area contributed by atoms with Crippen molar-refractivity contribution in [2.75, 3.05) is 46.3 Å². The van der Waals surface area contributed by atoms with Gasteiger partial charge in [-0.3, -0.25) is 4.79 Å². The van der Waals surface area contributed by atoms with E-state index in [1.165, 1.54) is 0 Å². The lowest BCUT2D eigenvalue weighted by Crippen LogP contribution is -2.52. The molecule has 2 N–H and O–H groups in total. The van der Waals surface area contributed by atoms with Gasteiger partial charge in [-0.15, -0.1) is 0 Å². The number of carbonyl (C=O) groups is 2. The second-order valence-electron chi connectivity index (χ2n) is 8.11. The van der Waals surface area contributed by atoms with Crippen molar-refractivity contribution in [3.63, 3.8) is 0 Å². The van der Waals surface area contributed by atoms with E-state index < -0.39 is 6.04 Å². The van der Waals surface area contributed by atoms with E-state index in [-0.39, 0.29) is 24.8 Å². The number of amides is 3. The molecule has 0 bridgehead atoms. The van der Waals surface area contributed by atoms with Gasteiger partial charge in [0.05, 0.1) is 19.3 Å². The highest BCUT2D eigenvalue weighted by Gasteiger charge is 2.27. The average Bonchev–Trinajstić information content (AvgIpc) is 3.32. The number of hydrogen-bond acceptors (Lipinski definition) is 6. The van der Waals surface area contributed by atoms with Crippen LogP contribution in [0.25, 0.3) is 0 Å². The maximum Gasteiger partial charge on any atom is 0.315 e. The second-order valence-corrected chi connectivity index (χ2v) is 8.11. The van der Waals surface area contributed by atoms with Gasteiger partial charge in [-0.05, 0) is 44.4 Å². The molecule has 0 saturated heterocycles. The molecule has 0 radical (unpaired) electrons. The zero-order chi connectivity index (χ0) is 24.8. The van der Waals surface area contributed by atoms with E-state index in [1.807, 2.05) is 39.0 Å². The number of ether oxygens (including phenoxy) is 4. The molecule has 0 spiro atoms. The van der Waals surface area contributed by atoms with Crippen LogP contribution >= 0.6 is 0 Å². The van der Waals surface area contributed by atoms with Crippen molar-refractivity contribution in [3.05, 3.63) is 23.8 Å². The molecule has 1 aromatic rings. The molecular formula is C25H41N3O6. The molecule has 1 heterocycles. The van der Waals surface area contributed by atoms with Crippen molar-refractivity contribution < 1.29 is 28.5 Å². The first-order valence-electron chi connectivity index (χ1n) is 12.4. The third-order valence-corrected chi connectivity index (χ3v) is 5.69. The van der Waals surface area contributed by atoms with Crippen molar-refractivity contribution in [1.29, 1.82) is 0 Å². The zero-order valence-electron chi connectivity index (χ0n) is 21.1. The minimum absolute atomic E-state index is 0.112. The summed E-state index contributed by atoms with van der Waals surface area (Å²) in [7, 11) is 0. The van der Waals surface area contributed by atoms with Crippen molar-refractivity contribution in [2.24, 2.45) is 0 Å². The summed E-state index contributed by atoms with van der Waals surface area (Å²) >= 11 is 0. The fourth-order valence-electron chi connectivity index (χ4n) is 3.77. The van der Waals surface area contributed by atoms with E-state index in [0.29, 0.717) is 63.9 Å². The molecule has 1 aromatic carbocycles. The summed E-state index contributed by atoms with van der Waals surface area (Å²) < 4.78 is 21.8. The lowest BCUT2D eigenvalue weighted by molar-refractivity contribution is -0.135. The summed E-state index contributed by atoms with van der Waals surface area (Å²) in [6.45, 7) is 11.1. The Morgan fingerprint density at radius 2 is 1.68 bits per heavy atom. The number of urea groups is 1. The Hall–Kier alpha value is -2.52. The molecule has 0 aromatic heterocycles. The summed E-state index contributed by atoms with van der Waals surface area (Å²) in [6, 6.07) is 4.46. The fourth-order valence-corrected chi connectivity index (χ4v) is 3.77. The highest BCUT2D eigenvalue weighted by atomic mass is 16.7. The van der Waals surface area contributed by atoms with Gasteiger partial charge in [-0.1, -0.05) is 32.8 Å². The summed E-state index contributed by atoms with van der Waals surface area (Å²) in [4.78, 5) is 28.0. The largest absolute Gasteiger partial charge is 0.454 e. The number of nitrogens with zero attached hydrogens (tertiary/aromatic N) is 1. The first kappa shape index (κ1) is 27.7. The minimum Gasteiger partial charge on any atom is -0.454 e. The Labute approximate surface area is 203 Å². The summed E-state index contributed by atoms with van der Waals surface area (Å²) in [6.07, 6.45) is 3.03. The monoisotopic (exact) mass is 479 g/mol. The molecule has 0 unspecified atom stereocenters. The van der Waals surface area contributed by atoms with Crippen LogP contribution in [0, 0.1) is 0 Å². The smallest absolute Gasteiger partial charge is 0.315 e. The Kier molecular flexibility index (Phi) is 12.6.